The summed E-state index contributed by atoms with van der Waals surface area (Å²) in [5, 5.41) is 0. The second kappa shape index (κ2) is 9.48. The van der Waals surface area contributed by atoms with Gasteiger partial charge >= 0.3 is 0 Å². The Morgan fingerprint density at radius 1 is 1.26 bits per heavy atom. The number of nitrogens with zero attached hydrogens (tertiary/aromatic N) is 2. The number of carbonyl (C=O) groups excluding carboxylic acids is 1. The first-order valence-corrected chi connectivity index (χ1v) is 9.41. The summed E-state index contributed by atoms with van der Waals surface area (Å²) < 4.78 is 11.6. The van der Waals surface area contributed by atoms with Crippen molar-refractivity contribution in [2.45, 2.75) is 32.5 Å². The Labute approximate surface area is 160 Å². The Morgan fingerprint density at radius 3 is 2.78 bits per heavy atom. The number of rotatable bonds is 7. The monoisotopic (exact) mass is 369 g/mol. The number of piperidine rings is 1. The van der Waals surface area contributed by atoms with E-state index in [1.54, 1.807) is 6.20 Å². The lowest BCUT2D eigenvalue weighted by Gasteiger charge is -2.32. The van der Waals surface area contributed by atoms with Crippen LogP contribution in [0.5, 0.6) is 5.75 Å². The summed E-state index contributed by atoms with van der Waals surface area (Å²) in [4.78, 5) is 19.0. The van der Waals surface area contributed by atoms with Crippen LogP contribution in [0.2, 0.25) is 0 Å². The van der Waals surface area contributed by atoms with Gasteiger partial charge in [-0.15, -0.1) is 0 Å². The van der Waals surface area contributed by atoms with Crippen molar-refractivity contribution in [1.82, 2.24) is 9.88 Å². The highest BCUT2D eigenvalue weighted by Crippen LogP contribution is 2.22. The lowest BCUT2D eigenvalue weighted by atomic mass is 10.1. The number of aromatic nitrogens is 1. The second-order valence-corrected chi connectivity index (χ2v) is 6.74. The zero-order valence-corrected chi connectivity index (χ0v) is 15.8. The van der Waals surface area contributed by atoms with Gasteiger partial charge in [0.15, 0.2) is 0 Å². The van der Waals surface area contributed by atoms with Gasteiger partial charge in [-0.25, -0.2) is 0 Å². The topological polar surface area (TPSA) is 77.7 Å². The third-order valence-corrected chi connectivity index (χ3v) is 4.73. The fraction of sp³-hybridized carbons (Fsp3) is 0.429. The molecule has 0 radical (unpaired) electrons. The maximum Gasteiger partial charge on any atom is 0.253 e. The van der Waals surface area contributed by atoms with Crippen LogP contribution in [0.1, 0.15) is 34.5 Å². The molecule has 1 amide bonds. The van der Waals surface area contributed by atoms with E-state index in [0.717, 1.165) is 29.8 Å². The van der Waals surface area contributed by atoms with Gasteiger partial charge in [0, 0.05) is 31.4 Å². The molecule has 6 nitrogen and oxygen atoms in total. The summed E-state index contributed by atoms with van der Waals surface area (Å²) in [6, 6.07) is 11.4. The molecule has 2 N–H and O–H groups in total. The van der Waals surface area contributed by atoms with Gasteiger partial charge < -0.3 is 20.1 Å². The first-order chi connectivity index (χ1) is 13.2. The van der Waals surface area contributed by atoms with Crippen LogP contribution in [0.4, 0.5) is 0 Å². The van der Waals surface area contributed by atoms with Gasteiger partial charge in [0.25, 0.3) is 5.91 Å². The molecule has 0 saturated carbocycles. The van der Waals surface area contributed by atoms with Crippen LogP contribution in [-0.2, 0) is 11.3 Å². The molecule has 1 aliphatic rings. The molecule has 1 aromatic heterocycles. The first kappa shape index (κ1) is 19.3. The van der Waals surface area contributed by atoms with E-state index in [0.29, 0.717) is 38.4 Å². The largest absolute Gasteiger partial charge is 0.492 e. The fourth-order valence-electron chi connectivity index (χ4n) is 3.15. The Balaban J connectivity index is 1.52. The number of carbonyl (C=O) groups is 1. The number of ether oxygens (including phenoxy) is 2. The summed E-state index contributed by atoms with van der Waals surface area (Å²) in [5.74, 6) is 0.760. The molecule has 1 aliphatic heterocycles. The van der Waals surface area contributed by atoms with Crippen molar-refractivity contribution < 1.29 is 14.3 Å². The Hall–Kier alpha value is -2.44. The normalized spacial score (nSPS) is 15.0. The molecule has 6 heteroatoms. The molecule has 0 bridgehead atoms. The molecule has 2 heterocycles. The second-order valence-electron chi connectivity index (χ2n) is 6.74. The van der Waals surface area contributed by atoms with Gasteiger partial charge in [-0.1, -0.05) is 12.1 Å². The van der Waals surface area contributed by atoms with E-state index in [4.69, 9.17) is 15.2 Å². The third kappa shape index (κ3) is 5.28. The summed E-state index contributed by atoms with van der Waals surface area (Å²) in [7, 11) is 0. The molecule has 144 valence electrons. The summed E-state index contributed by atoms with van der Waals surface area (Å²) in [6.07, 6.45) is 3.60. The summed E-state index contributed by atoms with van der Waals surface area (Å²) >= 11 is 0. The maximum absolute atomic E-state index is 12.8. The van der Waals surface area contributed by atoms with Gasteiger partial charge in [-0.3, -0.25) is 9.78 Å². The standard InChI is InChI=1S/C21H27N3O3/c1-16-5-6-17(14-20(16)26-13-9-22)21(25)24-11-7-19(8-12-24)27-15-18-4-2-3-10-23-18/h2-6,10,14,19H,7-9,11-13,15,22H2,1H3. The number of nitrogens with two attached hydrogens (primary N) is 1. The van der Waals surface area contributed by atoms with Crippen molar-refractivity contribution in [2.24, 2.45) is 5.73 Å². The molecule has 1 saturated heterocycles. The number of hydrogen-bond donors (Lipinski definition) is 1. The van der Waals surface area contributed by atoms with Crippen LogP contribution < -0.4 is 10.5 Å². The van der Waals surface area contributed by atoms with Crippen molar-refractivity contribution in [2.75, 3.05) is 26.2 Å². The molecule has 1 fully saturated rings. The van der Waals surface area contributed by atoms with Gasteiger partial charge in [0.05, 0.1) is 18.4 Å². The average molecular weight is 369 g/mol. The summed E-state index contributed by atoms with van der Waals surface area (Å²) in [6.45, 7) is 4.75. The summed E-state index contributed by atoms with van der Waals surface area (Å²) in [5.41, 5.74) is 8.09. The SMILES string of the molecule is Cc1ccc(C(=O)N2CCC(OCc3ccccn3)CC2)cc1OCCN. The van der Waals surface area contributed by atoms with Crippen molar-refractivity contribution in [3.63, 3.8) is 0 Å². The number of amides is 1. The molecular weight excluding hydrogens is 342 g/mol. The predicted octanol–water partition coefficient (Wildman–Crippen LogP) is 2.55. The minimum atomic E-state index is 0.0378. The van der Waals surface area contributed by atoms with Gasteiger partial charge in [-0.05, 0) is 49.6 Å². The highest BCUT2D eigenvalue weighted by Gasteiger charge is 2.24. The minimum absolute atomic E-state index is 0.0378. The first-order valence-electron chi connectivity index (χ1n) is 9.41. The Morgan fingerprint density at radius 2 is 2.07 bits per heavy atom. The fourth-order valence-corrected chi connectivity index (χ4v) is 3.15. The number of benzene rings is 1. The molecule has 0 aliphatic carbocycles. The van der Waals surface area contributed by atoms with Crippen molar-refractivity contribution >= 4 is 5.91 Å². The zero-order valence-electron chi connectivity index (χ0n) is 15.8. The molecule has 2 aromatic rings. The molecular formula is C21H27N3O3. The highest BCUT2D eigenvalue weighted by molar-refractivity contribution is 5.94. The van der Waals surface area contributed by atoms with E-state index in [2.05, 4.69) is 4.98 Å². The van der Waals surface area contributed by atoms with E-state index in [1.807, 2.05) is 48.2 Å². The lowest BCUT2D eigenvalue weighted by Crippen LogP contribution is -2.40. The third-order valence-electron chi connectivity index (χ3n) is 4.73. The van der Waals surface area contributed by atoms with Gasteiger partial charge in [0.1, 0.15) is 12.4 Å². The van der Waals surface area contributed by atoms with Crippen LogP contribution >= 0.6 is 0 Å². The van der Waals surface area contributed by atoms with Crippen LogP contribution in [0.3, 0.4) is 0 Å². The maximum atomic E-state index is 12.8. The van der Waals surface area contributed by atoms with E-state index < -0.39 is 0 Å². The predicted molar refractivity (Wildman–Crippen MR) is 104 cm³/mol. The highest BCUT2D eigenvalue weighted by atomic mass is 16.5. The van der Waals surface area contributed by atoms with E-state index in [1.165, 1.54) is 0 Å². The molecule has 0 unspecified atom stereocenters. The quantitative estimate of drug-likeness (QED) is 0.811. The molecule has 3 rings (SSSR count). The molecule has 0 atom stereocenters. The Bertz CT molecular complexity index is 744. The van der Waals surface area contributed by atoms with Crippen LogP contribution in [0.25, 0.3) is 0 Å². The van der Waals surface area contributed by atoms with Crippen molar-refractivity contribution in [3.05, 3.63) is 59.4 Å². The Kier molecular flexibility index (Phi) is 6.79. The number of hydrogen-bond acceptors (Lipinski definition) is 5. The van der Waals surface area contributed by atoms with Crippen molar-refractivity contribution in [3.8, 4) is 5.75 Å². The zero-order chi connectivity index (χ0) is 19.1. The molecule has 0 spiro atoms. The van der Waals surface area contributed by atoms with Crippen molar-refractivity contribution in [1.29, 1.82) is 0 Å². The van der Waals surface area contributed by atoms with E-state index in [9.17, 15) is 4.79 Å². The van der Waals surface area contributed by atoms with Crippen LogP contribution in [0, 0.1) is 6.92 Å². The van der Waals surface area contributed by atoms with E-state index in [-0.39, 0.29) is 12.0 Å². The van der Waals surface area contributed by atoms with Crippen LogP contribution in [-0.4, -0.2) is 48.1 Å². The van der Waals surface area contributed by atoms with Gasteiger partial charge in [-0.2, -0.15) is 0 Å². The number of pyridine rings is 1. The van der Waals surface area contributed by atoms with Gasteiger partial charge in [0.2, 0.25) is 0 Å². The molecule has 1 aromatic carbocycles. The van der Waals surface area contributed by atoms with E-state index >= 15 is 0 Å². The smallest absolute Gasteiger partial charge is 0.253 e. The molecule has 27 heavy (non-hydrogen) atoms. The van der Waals surface area contributed by atoms with Crippen LogP contribution in [0.15, 0.2) is 42.6 Å². The lowest BCUT2D eigenvalue weighted by molar-refractivity contribution is -0.00161. The average Bonchev–Trinajstić information content (AvgIpc) is 2.72. The minimum Gasteiger partial charge on any atom is -0.492 e. The number of aryl methyl sites for hydroxylation is 1. The number of likely N-dealkylation sites (tertiary alicyclic amines) is 1.